The molecule has 0 bridgehead atoms. The third kappa shape index (κ3) is 14.2. The molecule has 44 heavy (non-hydrogen) atoms. The largest absolute Gasteiger partial charge is 0.455 e. The molecule has 0 amide bonds. The van der Waals surface area contributed by atoms with Crippen molar-refractivity contribution in [3.05, 3.63) is 11.6 Å². The molecule has 8 atom stereocenters. The van der Waals surface area contributed by atoms with Gasteiger partial charge in [-0.1, -0.05) is 110 Å². The minimum absolute atomic E-state index is 0.0519. The zero-order valence-corrected chi connectivity index (χ0v) is 28.1. The fraction of sp³-hybridized carbons (Fsp3) is 0.919. The Balaban J connectivity index is 1.13. The number of unbranched alkanes of at least 4 members (excludes halogenated alkanes) is 14. The zero-order chi connectivity index (χ0) is 31.6. The van der Waals surface area contributed by atoms with Crippen LogP contribution < -0.4 is 0 Å². The summed E-state index contributed by atoms with van der Waals surface area (Å²) in [6.07, 6.45) is 26.1. The number of carbonyl (C=O) groups excluding carboxylic acids is 1. The van der Waals surface area contributed by atoms with E-state index >= 15 is 0 Å². The van der Waals surface area contributed by atoms with E-state index in [1.54, 1.807) is 0 Å². The first-order chi connectivity index (χ1) is 21.4. The standard InChI is InChI=1S/C37H66O7/c1-3-4-5-6-7-11-14-17-20-31(39)33-22-24-35(43-33)36-25-23-34(44-36)32(40)21-18-15-12-9-8-10-13-16-19-30(38)27-29-26-28(2)42-37(29)41/h26,28,30-36,38-40H,3-25,27H2,1-2H3/t28-,30+,31-,32+,33-,34+,35+,36-/m0/s1. The van der Waals surface area contributed by atoms with Crippen LogP contribution >= 0.6 is 0 Å². The summed E-state index contributed by atoms with van der Waals surface area (Å²) in [5.74, 6) is -0.281. The Morgan fingerprint density at radius 3 is 1.52 bits per heavy atom. The molecule has 0 spiro atoms. The summed E-state index contributed by atoms with van der Waals surface area (Å²) >= 11 is 0. The smallest absolute Gasteiger partial charge is 0.334 e. The van der Waals surface area contributed by atoms with E-state index in [9.17, 15) is 20.1 Å². The van der Waals surface area contributed by atoms with Crippen molar-refractivity contribution >= 4 is 5.97 Å². The molecule has 0 saturated carbocycles. The van der Waals surface area contributed by atoms with Gasteiger partial charge < -0.3 is 29.5 Å². The highest BCUT2D eigenvalue weighted by Crippen LogP contribution is 2.34. The Hall–Kier alpha value is -0.990. The summed E-state index contributed by atoms with van der Waals surface area (Å²) in [6, 6.07) is 0. The lowest BCUT2D eigenvalue weighted by Crippen LogP contribution is -2.33. The summed E-state index contributed by atoms with van der Waals surface area (Å²) in [4.78, 5) is 11.7. The topological polar surface area (TPSA) is 105 Å². The van der Waals surface area contributed by atoms with E-state index in [1.165, 1.54) is 70.6 Å². The second kappa shape index (κ2) is 21.7. The second-order valence-electron chi connectivity index (χ2n) is 14.0. The molecular formula is C37H66O7. The Kier molecular flexibility index (Phi) is 18.5. The zero-order valence-electron chi connectivity index (χ0n) is 28.1. The quantitative estimate of drug-likeness (QED) is 0.0703. The molecule has 3 N–H and O–H groups in total. The van der Waals surface area contributed by atoms with Crippen molar-refractivity contribution in [1.82, 2.24) is 0 Å². The molecule has 2 fully saturated rings. The third-order valence-electron chi connectivity index (χ3n) is 10.0. The average molecular weight is 623 g/mol. The number of hydrogen-bond donors (Lipinski definition) is 3. The van der Waals surface area contributed by atoms with Crippen molar-refractivity contribution in [2.24, 2.45) is 0 Å². The summed E-state index contributed by atoms with van der Waals surface area (Å²) < 4.78 is 17.7. The van der Waals surface area contributed by atoms with Crippen LogP contribution in [-0.2, 0) is 19.0 Å². The molecule has 3 aliphatic heterocycles. The van der Waals surface area contributed by atoms with Gasteiger partial charge in [-0.3, -0.25) is 0 Å². The minimum atomic E-state index is -0.463. The van der Waals surface area contributed by atoms with Gasteiger partial charge in [-0.15, -0.1) is 0 Å². The Bertz CT molecular complexity index is 801. The van der Waals surface area contributed by atoms with Crippen molar-refractivity contribution in [1.29, 1.82) is 0 Å². The molecule has 7 heteroatoms. The Morgan fingerprint density at radius 1 is 0.659 bits per heavy atom. The van der Waals surface area contributed by atoms with Gasteiger partial charge in [0.2, 0.25) is 0 Å². The molecule has 0 aromatic rings. The summed E-state index contributed by atoms with van der Waals surface area (Å²) in [5, 5.41) is 31.6. The number of rotatable bonds is 25. The second-order valence-corrected chi connectivity index (χ2v) is 14.0. The number of carbonyl (C=O) groups is 1. The molecule has 256 valence electrons. The third-order valence-corrected chi connectivity index (χ3v) is 10.0. The maximum absolute atomic E-state index is 11.7. The first kappa shape index (κ1) is 37.5. The average Bonchev–Trinajstić information content (AvgIpc) is 3.75. The van der Waals surface area contributed by atoms with Crippen LogP contribution in [0.1, 0.15) is 168 Å². The van der Waals surface area contributed by atoms with Gasteiger partial charge in [0.1, 0.15) is 6.10 Å². The first-order valence-corrected chi connectivity index (χ1v) is 18.6. The van der Waals surface area contributed by atoms with Crippen LogP contribution in [0, 0.1) is 0 Å². The lowest BCUT2D eigenvalue weighted by molar-refractivity contribution is -0.139. The van der Waals surface area contributed by atoms with Gasteiger partial charge in [-0.2, -0.15) is 0 Å². The lowest BCUT2D eigenvalue weighted by Gasteiger charge is -2.24. The molecule has 2 saturated heterocycles. The van der Waals surface area contributed by atoms with Gasteiger partial charge in [-0.25, -0.2) is 4.79 Å². The molecule has 0 radical (unpaired) electrons. The molecule has 0 aromatic heterocycles. The van der Waals surface area contributed by atoms with Crippen molar-refractivity contribution in [3.63, 3.8) is 0 Å². The van der Waals surface area contributed by atoms with E-state index in [-0.39, 0.29) is 42.6 Å². The number of aliphatic hydroxyl groups is 3. The Morgan fingerprint density at radius 2 is 1.09 bits per heavy atom. The summed E-state index contributed by atoms with van der Waals surface area (Å²) in [5.41, 5.74) is 0.617. The summed E-state index contributed by atoms with van der Waals surface area (Å²) in [7, 11) is 0. The van der Waals surface area contributed by atoms with Crippen molar-refractivity contribution in [3.8, 4) is 0 Å². The van der Waals surface area contributed by atoms with E-state index < -0.39 is 12.2 Å². The molecule has 3 heterocycles. The van der Waals surface area contributed by atoms with Gasteiger partial charge in [0, 0.05) is 12.0 Å². The molecule has 7 nitrogen and oxygen atoms in total. The molecule has 0 aliphatic carbocycles. The van der Waals surface area contributed by atoms with E-state index in [4.69, 9.17) is 14.2 Å². The van der Waals surface area contributed by atoms with E-state index in [1.807, 2.05) is 13.0 Å². The van der Waals surface area contributed by atoms with E-state index in [0.717, 1.165) is 77.0 Å². The molecular weight excluding hydrogens is 556 g/mol. The number of cyclic esters (lactones) is 1. The van der Waals surface area contributed by atoms with Crippen molar-refractivity contribution < 1.29 is 34.3 Å². The minimum Gasteiger partial charge on any atom is -0.455 e. The molecule has 0 unspecified atom stereocenters. The number of ether oxygens (including phenoxy) is 3. The van der Waals surface area contributed by atoms with Crippen LogP contribution in [0.3, 0.4) is 0 Å². The van der Waals surface area contributed by atoms with Gasteiger partial charge in [0.05, 0.1) is 42.7 Å². The number of hydrogen-bond acceptors (Lipinski definition) is 7. The monoisotopic (exact) mass is 622 g/mol. The highest BCUT2D eigenvalue weighted by Gasteiger charge is 2.40. The predicted molar refractivity (Wildman–Crippen MR) is 175 cm³/mol. The first-order valence-electron chi connectivity index (χ1n) is 18.6. The highest BCUT2D eigenvalue weighted by molar-refractivity contribution is 5.90. The van der Waals surface area contributed by atoms with Gasteiger partial charge in [-0.05, 0) is 57.9 Å². The van der Waals surface area contributed by atoms with Crippen LogP contribution in [-0.4, -0.2) is 70.1 Å². The van der Waals surface area contributed by atoms with Crippen molar-refractivity contribution in [2.45, 2.75) is 217 Å². The molecule has 3 rings (SSSR count). The van der Waals surface area contributed by atoms with Crippen LogP contribution in [0.15, 0.2) is 11.6 Å². The van der Waals surface area contributed by atoms with E-state index in [2.05, 4.69) is 6.92 Å². The van der Waals surface area contributed by atoms with Crippen molar-refractivity contribution in [2.75, 3.05) is 0 Å². The lowest BCUT2D eigenvalue weighted by atomic mass is 10.00. The van der Waals surface area contributed by atoms with Gasteiger partial charge in [0.15, 0.2) is 0 Å². The van der Waals surface area contributed by atoms with Crippen LogP contribution in [0.2, 0.25) is 0 Å². The maximum atomic E-state index is 11.7. The van der Waals surface area contributed by atoms with Crippen LogP contribution in [0.4, 0.5) is 0 Å². The van der Waals surface area contributed by atoms with Crippen LogP contribution in [0.5, 0.6) is 0 Å². The maximum Gasteiger partial charge on any atom is 0.334 e. The number of aliphatic hydroxyl groups excluding tert-OH is 3. The highest BCUT2D eigenvalue weighted by atomic mass is 16.6. The SMILES string of the molecule is CCCCCCCCCC[C@H](O)[C@@H]1CC[C@H]([C@@H]2CC[C@H]([C@H](O)CCCCCCCCCC[C@@H](O)CC3=C[C@H](C)OC3=O)O2)O1. The van der Waals surface area contributed by atoms with Gasteiger partial charge >= 0.3 is 5.97 Å². The molecule has 0 aromatic carbocycles. The summed E-state index contributed by atoms with van der Waals surface area (Å²) in [6.45, 7) is 4.09. The predicted octanol–water partition coefficient (Wildman–Crippen LogP) is 7.86. The fourth-order valence-corrected chi connectivity index (χ4v) is 7.28. The van der Waals surface area contributed by atoms with Gasteiger partial charge in [0.25, 0.3) is 0 Å². The normalized spacial score (nSPS) is 27.4. The van der Waals surface area contributed by atoms with Crippen LogP contribution in [0.25, 0.3) is 0 Å². The fourth-order valence-electron chi connectivity index (χ4n) is 7.28. The Labute approximate surface area is 268 Å². The number of esters is 1. The molecule has 3 aliphatic rings. The van der Waals surface area contributed by atoms with E-state index in [0.29, 0.717) is 12.0 Å².